The third-order valence-corrected chi connectivity index (χ3v) is 7.94. The van der Waals surface area contributed by atoms with E-state index in [0.717, 1.165) is 6.07 Å². The van der Waals surface area contributed by atoms with Crippen LogP contribution >= 0.6 is 0 Å². The molecule has 1 aliphatic rings. The van der Waals surface area contributed by atoms with Gasteiger partial charge in [-0.05, 0) is 36.4 Å². The molecular formula is C27H22FN3O4S. The van der Waals surface area contributed by atoms with Gasteiger partial charge in [-0.2, -0.15) is 0 Å². The maximum Gasteiger partial charge on any atom is 0.253 e. The molecule has 1 saturated heterocycles. The van der Waals surface area contributed by atoms with Crippen molar-refractivity contribution in [3.05, 3.63) is 102 Å². The maximum atomic E-state index is 14.9. The standard InChI is InChI=1S/C27H22FN3O4S/c28-22-14-20(27(33)31-15-18(16-31)13-24(32)23-7-1-2-11-29-23)9-10-21(22)17-36(34,35)25-8-3-5-19-6-4-12-30-26(19)25/h1-12,14,18H,13,15-17H2. The predicted molar refractivity (Wildman–Crippen MR) is 132 cm³/mol. The van der Waals surface area contributed by atoms with Crippen LogP contribution in [-0.2, 0) is 15.6 Å². The van der Waals surface area contributed by atoms with Gasteiger partial charge in [0.1, 0.15) is 11.5 Å². The minimum atomic E-state index is -3.88. The lowest BCUT2D eigenvalue weighted by atomic mass is 9.92. The van der Waals surface area contributed by atoms with Gasteiger partial charge in [-0.25, -0.2) is 12.8 Å². The molecule has 1 aliphatic heterocycles. The third kappa shape index (κ3) is 4.74. The Kier molecular flexibility index (Phi) is 6.32. The molecule has 0 spiro atoms. The van der Waals surface area contributed by atoms with Crippen molar-refractivity contribution in [2.24, 2.45) is 5.92 Å². The van der Waals surface area contributed by atoms with Crippen molar-refractivity contribution < 1.29 is 22.4 Å². The molecule has 0 aliphatic carbocycles. The number of rotatable bonds is 7. The normalized spacial score (nSPS) is 14.0. The Labute approximate surface area is 207 Å². The van der Waals surface area contributed by atoms with Crippen molar-refractivity contribution in [3.63, 3.8) is 0 Å². The second-order valence-electron chi connectivity index (χ2n) is 8.81. The van der Waals surface area contributed by atoms with E-state index in [1.807, 2.05) is 0 Å². The van der Waals surface area contributed by atoms with Crippen molar-refractivity contribution in [1.29, 1.82) is 0 Å². The number of likely N-dealkylation sites (tertiary alicyclic amines) is 1. The Hall–Kier alpha value is -3.98. The summed E-state index contributed by atoms with van der Waals surface area (Å²) >= 11 is 0. The van der Waals surface area contributed by atoms with Crippen LogP contribution in [0.25, 0.3) is 10.9 Å². The van der Waals surface area contributed by atoms with Crippen LogP contribution < -0.4 is 0 Å². The van der Waals surface area contributed by atoms with Gasteiger partial charge in [0, 0.05) is 54.3 Å². The number of ketones is 1. The number of sulfone groups is 1. The Balaban J connectivity index is 1.25. The Morgan fingerprint density at radius 1 is 0.944 bits per heavy atom. The highest BCUT2D eigenvalue weighted by atomic mass is 32.2. The van der Waals surface area contributed by atoms with E-state index in [1.54, 1.807) is 53.6 Å². The molecule has 182 valence electrons. The SMILES string of the molecule is O=C(CC1CN(C(=O)c2ccc(CS(=O)(=O)c3cccc4cccnc34)c(F)c2)C1)c1ccccn1. The highest BCUT2D eigenvalue weighted by molar-refractivity contribution is 7.90. The van der Waals surface area contributed by atoms with Crippen LogP contribution in [0.1, 0.15) is 32.8 Å². The number of benzene rings is 2. The molecule has 9 heteroatoms. The van der Waals surface area contributed by atoms with Crippen molar-refractivity contribution in [2.75, 3.05) is 13.1 Å². The summed E-state index contributed by atoms with van der Waals surface area (Å²) in [5.74, 6) is -1.73. The number of hydrogen-bond donors (Lipinski definition) is 0. The number of hydrogen-bond acceptors (Lipinski definition) is 6. The summed E-state index contributed by atoms with van der Waals surface area (Å²) in [6.45, 7) is 0.784. The number of fused-ring (bicyclic) bond motifs is 1. The molecule has 1 fully saturated rings. The van der Waals surface area contributed by atoms with Crippen LogP contribution in [0.15, 0.2) is 84.0 Å². The van der Waals surface area contributed by atoms with Crippen LogP contribution in [0.5, 0.6) is 0 Å². The zero-order chi connectivity index (χ0) is 25.3. The summed E-state index contributed by atoms with van der Waals surface area (Å²) in [5.41, 5.74) is 0.840. The van der Waals surface area contributed by atoms with E-state index < -0.39 is 21.4 Å². The molecule has 36 heavy (non-hydrogen) atoms. The number of carbonyl (C=O) groups is 2. The average molecular weight is 504 g/mol. The summed E-state index contributed by atoms with van der Waals surface area (Å²) in [6.07, 6.45) is 3.36. The highest BCUT2D eigenvalue weighted by Gasteiger charge is 2.33. The van der Waals surface area contributed by atoms with Crippen molar-refractivity contribution in [3.8, 4) is 0 Å². The molecule has 7 nitrogen and oxygen atoms in total. The number of aromatic nitrogens is 2. The van der Waals surface area contributed by atoms with Gasteiger partial charge < -0.3 is 4.90 Å². The van der Waals surface area contributed by atoms with E-state index in [2.05, 4.69) is 9.97 Å². The molecule has 1 amide bonds. The lowest BCUT2D eigenvalue weighted by Crippen LogP contribution is -2.50. The van der Waals surface area contributed by atoms with Gasteiger partial charge in [-0.1, -0.05) is 30.3 Å². The van der Waals surface area contributed by atoms with Gasteiger partial charge >= 0.3 is 0 Å². The molecule has 0 bridgehead atoms. The molecular weight excluding hydrogens is 481 g/mol. The summed E-state index contributed by atoms with van der Waals surface area (Å²) in [4.78, 5) is 34.9. The van der Waals surface area contributed by atoms with E-state index in [9.17, 15) is 22.4 Å². The van der Waals surface area contributed by atoms with Crippen LogP contribution in [0, 0.1) is 11.7 Å². The second-order valence-corrected chi connectivity index (χ2v) is 10.8. The molecule has 0 saturated carbocycles. The van der Waals surface area contributed by atoms with Gasteiger partial charge in [-0.15, -0.1) is 0 Å². The Bertz CT molecular complexity index is 1560. The first-order chi connectivity index (χ1) is 17.3. The summed E-state index contributed by atoms with van der Waals surface area (Å²) in [6, 6.07) is 17.3. The number of halogens is 1. The largest absolute Gasteiger partial charge is 0.338 e. The zero-order valence-electron chi connectivity index (χ0n) is 19.2. The number of nitrogens with zero attached hydrogens (tertiary/aromatic N) is 3. The monoisotopic (exact) mass is 503 g/mol. The number of Topliss-reactive ketones (excluding diaryl/α,β-unsaturated/α-hetero) is 1. The van der Waals surface area contributed by atoms with E-state index in [0.29, 0.717) is 29.7 Å². The molecule has 0 N–H and O–H groups in total. The Morgan fingerprint density at radius 3 is 2.47 bits per heavy atom. The first kappa shape index (κ1) is 23.7. The number of carbonyl (C=O) groups excluding carboxylic acids is 2. The molecule has 0 unspecified atom stereocenters. The topological polar surface area (TPSA) is 97.3 Å². The molecule has 0 atom stereocenters. The molecule has 5 rings (SSSR count). The van der Waals surface area contributed by atoms with Crippen molar-refractivity contribution in [1.82, 2.24) is 14.9 Å². The van der Waals surface area contributed by atoms with E-state index in [-0.39, 0.29) is 40.1 Å². The average Bonchev–Trinajstić information content (AvgIpc) is 2.86. The van der Waals surface area contributed by atoms with Crippen LogP contribution in [0.3, 0.4) is 0 Å². The number of para-hydroxylation sites is 1. The molecule has 3 heterocycles. The van der Waals surface area contributed by atoms with Crippen molar-refractivity contribution in [2.45, 2.75) is 17.1 Å². The van der Waals surface area contributed by atoms with E-state index >= 15 is 0 Å². The maximum absolute atomic E-state index is 14.9. The first-order valence-corrected chi connectivity index (χ1v) is 13.1. The third-order valence-electron chi connectivity index (χ3n) is 6.25. The van der Waals surface area contributed by atoms with E-state index in [1.165, 1.54) is 24.4 Å². The molecule has 2 aromatic heterocycles. The quantitative estimate of drug-likeness (QED) is 0.353. The van der Waals surface area contributed by atoms with Gasteiger partial charge in [0.25, 0.3) is 5.91 Å². The van der Waals surface area contributed by atoms with Gasteiger partial charge in [0.15, 0.2) is 15.6 Å². The van der Waals surface area contributed by atoms with Crippen molar-refractivity contribution >= 4 is 32.4 Å². The first-order valence-electron chi connectivity index (χ1n) is 11.4. The summed E-state index contributed by atoms with van der Waals surface area (Å²) in [5, 5.41) is 0.676. The minimum Gasteiger partial charge on any atom is -0.338 e. The molecule has 2 aromatic carbocycles. The zero-order valence-corrected chi connectivity index (χ0v) is 20.0. The molecule has 4 aromatic rings. The van der Waals surface area contributed by atoms with E-state index in [4.69, 9.17) is 0 Å². The lowest BCUT2D eigenvalue weighted by molar-refractivity contribution is 0.0468. The fourth-order valence-electron chi connectivity index (χ4n) is 4.35. The van der Waals surface area contributed by atoms with Crippen LogP contribution in [0.2, 0.25) is 0 Å². The number of pyridine rings is 2. The van der Waals surface area contributed by atoms with Gasteiger partial charge in [-0.3, -0.25) is 19.6 Å². The van der Waals surface area contributed by atoms with Crippen LogP contribution in [0.4, 0.5) is 4.39 Å². The van der Waals surface area contributed by atoms with Crippen LogP contribution in [-0.4, -0.2) is 48.1 Å². The smallest absolute Gasteiger partial charge is 0.253 e. The summed E-state index contributed by atoms with van der Waals surface area (Å²) in [7, 11) is -3.88. The number of amides is 1. The predicted octanol–water partition coefficient (Wildman–Crippen LogP) is 4.09. The highest BCUT2D eigenvalue weighted by Crippen LogP contribution is 2.27. The second kappa shape index (κ2) is 9.58. The van der Waals surface area contributed by atoms with Gasteiger partial charge in [0.2, 0.25) is 0 Å². The fraction of sp³-hybridized carbons (Fsp3) is 0.185. The molecule has 0 radical (unpaired) electrons. The summed E-state index contributed by atoms with van der Waals surface area (Å²) < 4.78 is 41.0. The Morgan fingerprint density at radius 2 is 1.72 bits per heavy atom. The van der Waals surface area contributed by atoms with Gasteiger partial charge in [0.05, 0.1) is 16.2 Å². The fourth-order valence-corrected chi connectivity index (χ4v) is 5.90. The lowest BCUT2D eigenvalue weighted by Gasteiger charge is -2.39. The minimum absolute atomic E-state index is 0.0204.